The Kier molecular flexibility index (Phi) is 2.65. The molecule has 1 saturated heterocycles. The maximum Gasteiger partial charge on any atom is 0.328 e. The second-order valence-electron chi connectivity index (χ2n) is 4.27. The van der Waals surface area contributed by atoms with E-state index in [0.29, 0.717) is 11.8 Å². The molecule has 2 fully saturated rings. The van der Waals surface area contributed by atoms with Gasteiger partial charge in [-0.25, -0.2) is 4.79 Å². The van der Waals surface area contributed by atoms with E-state index in [1.54, 1.807) is 6.92 Å². The summed E-state index contributed by atoms with van der Waals surface area (Å²) in [6.07, 6.45) is 0. The van der Waals surface area contributed by atoms with Crippen LogP contribution < -0.4 is 10.6 Å². The molecule has 0 radical (unpaired) electrons. The molecule has 84 valence electrons. The van der Waals surface area contributed by atoms with E-state index in [4.69, 9.17) is 0 Å². The Morgan fingerprint density at radius 1 is 1.40 bits per heavy atom. The summed E-state index contributed by atoms with van der Waals surface area (Å²) >= 11 is 0. The molecule has 0 aromatic heterocycles. The topological polar surface area (TPSA) is 67.4 Å². The van der Waals surface area contributed by atoms with Crippen LogP contribution in [0.2, 0.25) is 0 Å². The van der Waals surface area contributed by atoms with Gasteiger partial charge in [-0.15, -0.1) is 0 Å². The lowest BCUT2D eigenvalue weighted by Gasteiger charge is -2.12. The van der Waals surface area contributed by atoms with Gasteiger partial charge in [0.1, 0.15) is 6.04 Å². The smallest absolute Gasteiger partial charge is 0.328 e. The number of nitrogens with one attached hydrogen (secondary N) is 2. The number of rotatable bonds is 3. The predicted octanol–water partition coefficient (Wildman–Crippen LogP) is -0.870. The van der Waals surface area contributed by atoms with E-state index < -0.39 is 12.0 Å². The highest BCUT2D eigenvalue weighted by Gasteiger charge is 2.57. The Morgan fingerprint density at radius 3 is 2.53 bits per heavy atom. The maximum absolute atomic E-state index is 11.7. The number of fused-ring (bicyclic) bond motifs is 1. The van der Waals surface area contributed by atoms with Crippen LogP contribution >= 0.6 is 0 Å². The molecule has 15 heavy (non-hydrogen) atoms. The molecule has 1 heterocycles. The largest absolute Gasteiger partial charge is 0.467 e. The van der Waals surface area contributed by atoms with E-state index in [1.807, 2.05) is 0 Å². The van der Waals surface area contributed by atoms with Crippen molar-refractivity contribution in [1.82, 2.24) is 10.6 Å². The van der Waals surface area contributed by atoms with Crippen molar-refractivity contribution in [3.8, 4) is 0 Å². The molecule has 0 spiro atoms. The summed E-state index contributed by atoms with van der Waals surface area (Å²) in [5, 5.41) is 5.90. The number of methoxy groups -OCH3 is 1. The second kappa shape index (κ2) is 3.81. The third kappa shape index (κ3) is 1.84. The Morgan fingerprint density at radius 2 is 2.00 bits per heavy atom. The van der Waals surface area contributed by atoms with Gasteiger partial charge in [-0.3, -0.25) is 4.79 Å². The van der Waals surface area contributed by atoms with E-state index >= 15 is 0 Å². The monoisotopic (exact) mass is 212 g/mol. The average Bonchev–Trinajstić information content (AvgIpc) is 2.72. The first kappa shape index (κ1) is 10.4. The third-order valence-electron chi connectivity index (χ3n) is 3.31. The van der Waals surface area contributed by atoms with E-state index in [9.17, 15) is 9.59 Å². The van der Waals surface area contributed by atoms with Crippen LogP contribution in [0.15, 0.2) is 0 Å². The molecule has 1 unspecified atom stereocenters. The zero-order valence-electron chi connectivity index (χ0n) is 8.95. The fourth-order valence-corrected chi connectivity index (χ4v) is 2.35. The number of ether oxygens (including phenoxy) is 1. The average molecular weight is 212 g/mol. The molecule has 0 aromatic rings. The predicted molar refractivity (Wildman–Crippen MR) is 53.0 cm³/mol. The summed E-state index contributed by atoms with van der Waals surface area (Å²) < 4.78 is 4.54. The zero-order valence-corrected chi connectivity index (χ0v) is 8.95. The van der Waals surface area contributed by atoms with Gasteiger partial charge in [-0.1, -0.05) is 0 Å². The summed E-state index contributed by atoms with van der Waals surface area (Å²) in [4.78, 5) is 22.8. The normalized spacial score (nSPS) is 34.1. The van der Waals surface area contributed by atoms with Crippen molar-refractivity contribution in [2.75, 3.05) is 20.2 Å². The fourth-order valence-electron chi connectivity index (χ4n) is 2.35. The highest BCUT2D eigenvalue weighted by molar-refractivity contribution is 5.87. The van der Waals surface area contributed by atoms with Gasteiger partial charge in [0.2, 0.25) is 5.91 Å². The molecule has 2 rings (SSSR count). The highest BCUT2D eigenvalue weighted by atomic mass is 16.5. The van der Waals surface area contributed by atoms with Crippen molar-refractivity contribution in [2.24, 2.45) is 17.8 Å². The van der Waals surface area contributed by atoms with E-state index in [0.717, 1.165) is 13.1 Å². The van der Waals surface area contributed by atoms with Crippen LogP contribution in [0.5, 0.6) is 0 Å². The van der Waals surface area contributed by atoms with Crippen molar-refractivity contribution in [3.63, 3.8) is 0 Å². The summed E-state index contributed by atoms with van der Waals surface area (Å²) in [6, 6.07) is -0.545. The number of carbonyl (C=O) groups excluding carboxylic acids is 2. The minimum atomic E-state index is -0.545. The van der Waals surface area contributed by atoms with Crippen molar-refractivity contribution in [1.29, 1.82) is 0 Å². The van der Waals surface area contributed by atoms with Crippen LogP contribution in [0.1, 0.15) is 6.92 Å². The molecular weight excluding hydrogens is 196 g/mol. The van der Waals surface area contributed by atoms with Crippen molar-refractivity contribution < 1.29 is 14.3 Å². The van der Waals surface area contributed by atoms with Crippen molar-refractivity contribution >= 4 is 11.9 Å². The third-order valence-corrected chi connectivity index (χ3v) is 3.31. The van der Waals surface area contributed by atoms with Crippen LogP contribution in [0, 0.1) is 17.8 Å². The lowest BCUT2D eigenvalue weighted by Crippen LogP contribution is -2.41. The number of hydrogen-bond donors (Lipinski definition) is 2. The fraction of sp³-hybridized carbons (Fsp3) is 0.800. The molecule has 1 aliphatic heterocycles. The molecule has 2 aliphatic rings. The molecule has 1 saturated carbocycles. The summed E-state index contributed by atoms with van der Waals surface area (Å²) in [7, 11) is 1.32. The van der Waals surface area contributed by atoms with Gasteiger partial charge in [-0.05, 0) is 31.8 Å². The van der Waals surface area contributed by atoms with Gasteiger partial charge in [0.05, 0.1) is 7.11 Å². The number of esters is 1. The van der Waals surface area contributed by atoms with Crippen LogP contribution in [-0.4, -0.2) is 38.1 Å². The minimum absolute atomic E-state index is 0.00981. The lowest BCUT2D eigenvalue weighted by molar-refractivity contribution is -0.144. The van der Waals surface area contributed by atoms with E-state index in [-0.39, 0.29) is 11.8 Å². The molecule has 5 nitrogen and oxygen atoms in total. The lowest BCUT2D eigenvalue weighted by atomic mass is 10.2. The zero-order chi connectivity index (χ0) is 11.0. The molecular formula is C10H16N2O3. The van der Waals surface area contributed by atoms with Crippen LogP contribution in [0.25, 0.3) is 0 Å². The molecule has 1 aliphatic carbocycles. The second-order valence-corrected chi connectivity index (χ2v) is 4.27. The summed E-state index contributed by atoms with van der Waals surface area (Å²) in [6.45, 7) is 3.49. The van der Waals surface area contributed by atoms with Crippen LogP contribution in [0.4, 0.5) is 0 Å². The van der Waals surface area contributed by atoms with Gasteiger partial charge < -0.3 is 15.4 Å². The highest BCUT2D eigenvalue weighted by Crippen LogP contribution is 2.48. The Balaban J connectivity index is 1.81. The molecule has 4 atom stereocenters. The van der Waals surface area contributed by atoms with Gasteiger partial charge in [0.15, 0.2) is 0 Å². The van der Waals surface area contributed by atoms with E-state index in [2.05, 4.69) is 15.4 Å². The minimum Gasteiger partial charge on any atom is -0.467 e. The first-order valence-corrected chi connectivity index (χ1v) is 5.24. The number of hydrogen-bond acceptors (Lipinski definition) is 4. The molecule has 2 N–H and O–H groups in total. The Labute approximate surface area is 88.5 Å². The summed E-state index contributed by atoms with van der Waals surface area (Å²) in [5.74, 6) is 0.666. The van der Waals surface area contributed by atoms with Gasteiger partial charge in [0, 0.05) is 5.92 Å². The Bertz CT molecular complexity index is 282. The number of amides is 1. The van der Waals surface area contributed by atoms with Gasteiger partial charge >= 0.3 is 5.97 Å². The molecule has 0 bridgehead atoms. The quantitative estimate of drug-likeness (QED) is 0.597. The number of carbonyl (C=O) groups is 2. The molecule has 5 heteroatoms. The van der Waals surface area contributed by atoms with E-state index in [1.165, 1.54) is 7.11 Å². The SMILES string of the molecule is COC(=O)[C@H](C)NC(=O)C1[C@H]2CNC[C@@H]12. The maximum atomic E-state index is 11.7. The van der Waals surface area contributed by atoms with Crippen LogP contribution in [0.3, 0.4) is 0 Å². The van der Waals surface area contributed by atoms with Gasteiger partial charge in [-0.2, -0.15) is 0 Å². The van der Waals surface area contributed by atoms with Crippen LogP contribution in [-0.2, 0) is 14.3 Å². The standard InChI is InChI=1S/C10H16N2O3/c1-5(10(14)15-2)12-9(13)8-6-3-11-4-7(6)8/h5-8,11H,3-4H2,1-2H3,(H,12,13)/t5-,6-,7+,8?/m0/s1. The van der Waals surface area contributed by atoms with Gasteiger partial charge in [0.25, 0.3) is 0 Å². The Hall–Kier alpha value is -1.10. The first-order chi connectivity index (χ1) is 7.15. The van der Waals surface area contributed by atoms with Crippen molar-refractivity contribution in [3.05, 3.63) is 0 Å². The molecule has 0 aromatic carbocycles. The number of piperidine rings is 1. The van der Waals surface area contributed by atoms with Crippen molar-refractivity contribution in [2.45, 2.75) is 13.0 Å². The molecule has 1 amide bonds. The first-order valence-electron chi connectivity index (χ1n) is 5.24. The summed E-state index contributed by atoms with van der Waals surface area (Å²) in [5.41, 5.74) is 0.